The lowest BCUT2D eigenvalue weighted by molar-refractivity contribution is -0.152. The minimum Gasteiger partial charge on any atom is -0.493 e. The lowest BCUT2D eigenvalue weighted by Crippen LogP contribution is -2.47. The fourth-order valence-electron chi connectivity index (χ4n) is 3.72. The summed E-state index contributed by atoms with van der Waals surface area (Å²) in [7, 11) is 3.05. The number of methoxy groups -OCH3 is 2. The SMILES string of the molecule is COc1ccc(CNC(=O)COC(=O)[C@@H](CC(C)C)N2C(=O)c3ccccc3C2=O)cc1OC. The number of benzene rings is 2. The summed E-state index contributed by atoms with van der Waals surface area (Å²) in [6.07, 6.45) is 0.220. The molecule has 1 N–H and O–H groups in total. The number of nitrogens with zero attached hydrogens (tertiary/aromatic N) is 1. The predicted molar refractivity (Wildman–Crippen MR) is 123 cm³/mol. The van der Waals surface area contributed by atoms with Crippen LogP contribution in [-0.2, 0) is 20.9 Å². The number of imide groups is 1. The van der Waals surface area contributed by atoms with E-state index < -0.39 is 36.3 Å². The van der Waals surface area contributed by atoms with E-state index in [1.54, 1.807) is 42.5 Å². The average Bonchev–Trinajstić information content (AvgIpc) is 3.09. The van der Waals surface area contributed by atoms with E-state index in [2.05, 4.69) is 5.32 Å². The lowest BCUT2D eigenvalue weighted by atomic mass is 10.0. The van der Waals surface area contributed by atoms with Gasteiger partial charge in [0.15, 0.2) is 18.1 Å². The van der Waals surface area contributed by atoms with Gasteiger partial charge in [-0.3, -0.25) is 19.3 Å². The first-order valence-electron chi connectivity index (χ1n) is 10.9. The van der Waals surface area contributed by atoms with Crippen LogP contribution in [0.4, 0.5) is 0 Å². The first-order valence-corrected chi connectivity index (χ1v) is 10.9. The quantitative estimate of drug-likeness (QED) is 0.421. The van der Waals surface area contributed by atoms with Crippen molar-refractivity contribution in [3.63, 3.8) is 0 Å². The van der Waals surface area contributed by atoms with Crippen LogP contribution in [0.1, 0.15) is 46.5 Å². The molecule has 0 fully saturated rings. The van der Waals surface area contributed by atoms with Crippen LogP contribution in [-0.4, -0.2) is 55.5 Å². The molecule has 0 spiro atoms. The van der Waals surface area contributed by atoms with Crippen molar-refractivity contribution >= 4 is 23.7 Å². The summed E-state index contributed by atoms with van der Waals surface area (Å²) < 4.78 is 15.6. The highest BCUT2D eigenvalue weighted by Crippen LogP contribution is 2.28. The van der Waals surface area contributed by atoms with Crippen molar-refractivity contribution in [1.29, 1.82) is 0 Å². The number of nitrogens with one attached hydrogen (secondary N) is 1. The highest BCUT2D eigenvalue weighted by Gasteiger charge is 2.43. The molecule has 1 atom stereocenters. The van der Waals surface area contributed by atoms with Crippen molar-refractivity contribution in [1.82, 2.24) is 10.2 Å². The van der Waals surface area contributed by atoms with E-state index in [-0.39, 0.29) is 30.0 Å². The molecule has 9 nitrogen and oxygen atoms in total. The molecule has 2 aromatic rings. The largest absolute Gasteiger partial charge is 0.493 e. The van der Waals surface area contributed by atoms with Crippen LogP contribution >= 0.6 is 0 Å². The summed E-state index contributed by atoms with van der Waals surface area (Å²) in [5.74, 6) is -1.31. The zero-order chi connectivity index (χ0) is 24.8. The standard InChI is InChI=1S/C25H28N2O7/c1-15(2)11-19(27-23(29)17-7-5-6-8-18(17)24(27)30)25(31)34-14-22(28)26-13-16-9-10-20(32-3)21(12-16)33-4/h5-10,12,15,19H,11,13-14H2,1-4H3,(H,26,28)/t19-/m1/s1. The van der Waals surface area contributed by atoms with E-state index in [1.807, 2.05) is 13.8 Å². The van der Waals surface area contributed by atoms with E-state index in [4.69, 9.17) is 14.2 Å². The second kappa shape index (κ2) is 10.8. The van der Waals surface area contributed by atoms with Crippen molar-refractivity contribution in [3.8, 4) is 11.5 Å². The second-order valence-electron chi connectivity index (χ2n) is 8.25. The zero-order valence-electron chi connectivity index (χ0n) is 19.6. The number of carbonyl (C=O) groups excluding carboxylic acids is 4. The van der Waals surface area contributed by atoms with Crippen molar-refractivity contribution in [2.75, 3.05) is 20.8 Å². The molecule has 0 saturated carbocycles. The molecule has 2 aromatic carbocycles. The Balaban J connectivity index is 1.62. The Bertz CT molecular complexity index is 1060. The fourth-order valence-corrected chi connectivity index (χ4v) is 3.72. The Labute approximate surface area is 198 Å². The number of hydrogen-bond donors (Lipinski definition) is 1. The first kappa shape index (κ1) is 24.8. The van der Waals surface area contributed by atoms with Crippen LogP contribution in [0.25, 0.3) is 0 Å². The van der Waals surface area contributed by atoms with Crippen molar-refractivity contribution < 1.29 is 33.4 Å². The summed E-state index contributed by atoms with van der Waals surface area (Å²) in [6, 6.07) is 10.5. The lowest BCUT2D eigenvalue weighted by Gasteiger charge is -2.25. The Kier molecular flexibility index (Phi) is 7.88. The molecule has 180 valence electrons. The summed E-state index contributed by atoms with van der Waals surface area (Å²) in [4.78, 5) is 51.7. The molecule has 3 rings (SSSR count). The van der Waals surface area contributed by atoms with Gasteiger partial charge < -0.3 is 19.5 Å². The van der Waals surface area contributed by atoms with E-state index >= 15 is 0 Å². The van der Waals surface area contributed by atoms with E-state index in [0.29, 0.717) is 11.5 Å². The third-order valence-electron chi connectivity index (χ3n) is 5.39. The zero-order valence-corrected chi connectivity index (χ0v) is 19.6. The van der Waals surface area contributed by atoms with E-state index in [0.717, 1.165) is 10.5 Å². The minimum absolute atomic E-state index is 0.000686. The fraction of sp³-hybridized carbons (Fsp3) is 0.360. The predicted octanol–water partition coefficient (Wildman–Crippen LogP) is 2.57. The van der Waals surface area contributed by atoms with Gasteiger partial charge in [-0.05, 0) is 42.2 Å². The molecule has 0 saturated heterocycles. The maximum absolute atomic E-state index is 12.9. The van der Waals surface area contributed by atoms with Crippen LogP contribution in [0.5, 0.6) is 11.5 Å². The topological polar surface area (TPSA) is 111 Å². The molecule has 0 aliphatic carbocycles. The number of carbonyl (C=O) groups is 4. The van der Waals surface area contributed by atoms with Crippen molar-refractivity contribution in [2.45, 2.75) is 32.9 Å². The highest BCUT2D eigenvalue weighted by atomic mass is 16.5. The molecule has 34 heavy (non-hydrogen) atoms. The molecule has 1 aliphatic heterocycles. The number of ether oxygens (including phenoxy) is 3. The van der Waals surface area contributed by atoms with Gasteiger partial charge >= 0.3 is 5.97 Å². The number of amides is 3. The first-order chi connectivity index (χ1) is 16.3. The molecular formula is C25H28N2O7. The molecule has 0 unspecified atom stereocenters. The van der Waals surface area contributed by atoms with Crippen LogP contribution < -0.4 is 14.8 Å². The van der Waals surface area contributed by atoms with Gasteiger partial charge in [0, 0.05) is 6.54 Å². The van der Waals surface area contributed by atoms with Crippen LogP contribution in [0.3, 0.4) is 0 Å². The summed E-state index contributed by atoms with van der Waals surface area (Å²) in [5.41, 5.74) is 1.27. The van der Waals surface area contributed by atoms with Crippen LogP contribution in [0, 0.1) is 5.92 Å². The van der Waals surface area contributed by atoms with E-state index in [1.165, 1.54) is 14.2 Å². The number of esters is 1. The van der Waals surface area contributed by atoms with Gasteiger partial charge in [-0.15, -0.1) is 0 Å². The monoisotopic (exact) mass is 468 g/mol. The second-order valence-corrected chi connectivity index (χ2v) is 8.25. The third kappa shape index (κ3) is 5.36. The molecule has 3 amide bonds. The molecule has 1 heterocycles. The van der Waals surface area contributed by atoms with Crippen LogP contribution in [0.15, 0.2) is 42.5 Å². The van der Waals surface area contributed by atoms with Crippen molar-refractivity contribution in [3.05, 3.63) is 59.2 Å². The normalized spacial score (nSPS) is 13.5. The molecule has 0 bridgehead atoms. The van der Waals surface area contributed by atoms with Gasteiger partial charge in [0.2, 0.25) is 0 Å². The number of rotatable bonds is 10. The number of fused-ring (bicyclic) bond motifs is 1. The smallest absolute Gasteiger partial charge is 0.329 e. The van der Waals surface area contributed by atoms with Crippen molar-refractivity contribution in [2.24, 2.45) is 5.92 Å². The van der Waals surface area contributed by atoms with Gasteiger partial charge in [0.25, 0.3) is 17.7 Å². The maximum Gasteiger partial charge on any atom is 0.329 e. The van der Waals surface area contributed by atoms with E-state index in [9.17, 15) is 19.2 Å². The Morgan fingerprint density at radius 3 is 2.12 bits per heavy atom. The summed E-state index contributed by atoms with van der Waals surface area (Å²) >= 11 is 0. The summed E-state index contributed by atoms with van der Waals surface area (Å²) in [5, 5.41) is 2.66. The molecule has 0 radical (unpaired) electrons. The highest BCUT2D eigenvalue weighted by molar-refractivity contribution is 6.22. The van der Waals surface area contributed by atoms with Gasteiger partial charge in [-0.1, -0.05) is 32.0 Å². The van der Waals surface area contributed by atoms with Gasteiger partial charge in [-0.2, -0.15) is 0 Å². The van der Waals surface area contributed by atoms with Crippen LogP contribution in [0.2, 0.25) is 0 Å². The number of hydrogen-bond acceptors (Lipinski definition) is 7. The molecule has 9 heteroatoms. The minimum atomic E-state index is -1.12. The third-order valence-corrected chi connectivity index (χ3v) is 5.39. The maximum atomic E-state index is 12.9. The molecule has 1 aliphatic rings. The summed E-state index contributed by atoms with van der Waals surface area (Å²) in [6.45, 7) is 3.39. The van der Waals surface area contributed by atoms with Gasteiger partial charge in [-0.25, -0.2) is 4.79 Å². The Morgan fingerprint density at radius 1 is 0.941 bits per heavy atom. The Morgan fingerprint density at radius 2 is 1.56 bits per heavy atom. The molecular weight excluding hydrogens is 440 g/mol. The average molecular weight is 469 g/mol. The molecule has 0 aromatic heterocycles. The van der Waals surface area contributed by atoms with Gasteiger partial charge in [0.1, 0.15) is 6.04 Å². The van der Waals surface area contributed by atoms with Gasteiger partial charge in [0.05, 0.1) is 25.3 Å². The Hall–Kier alpha value is -3.88.